The lowest BCUT2D eigenvalue weighted by Gasteiger charge is -2.12. The van der Waals surface area contributed by atoms with Gasteiger partial charge in [-0.1, -0.05) is 12.1 Å². The molecule has 2 aromatic carbocycles. The number of benzene rings is 2. The molecule has 0 radical (unpaired) electrons. The molecule has 26 heavy (non-hydrogen) atoms. The fourth-order valence-electron chi connectivity index (χ4n) is 2.92. The average molecular weight is 349 g/mol. The Morgan fingerprint density at radius 1 is 1.27 bits per heavy atom. The first kappa shape index (κ1) is 17.5. The zero-order chi connectivity index (χ0) is 18.7. The fourth-order valence-corrected chi connectivity index (χ4v) is 2.92. The van der Waals surface area contributed by atoms with E-state index >= 15 is 0 Å². The summed E-state index contributed by atoms with van der Waals surface area (Å²) in [4.78, 5) is 17.5. The quantitative estimate of drug-likeness (QED) is 0.637. The van der Waals surface area contributed by atoms with Crippen molar-refractivity contribution in [2.75, 3.05) is 13.7 Å². The number of carbonyl (C=O) groups is 1. The molecule has 6 nitrogen and oxygen atoms in total. The summed E-state index contributed by atoms with van der Waals surface area (Å²) in [6.45, 7) is 2.30. The highest BCUT2D eigenvalue weighted by molar-refractivity contribution is 6.03. The lowest BCUT2D eigenvalue weighted by molar-refractivity contribution is 0.0975. The summed E-state index contributed by atoms with van der Waals surface area (Å²) in [7, 11) is 3.35. The zero-order valence-corrected chi connectivity index (χ0v) is 14.9. The summed E-state index contributed by atoms with van der Waals surface area (Å²) in [6.07, 6.45) is 0. The molecule has 3 aromatic rings. The number of para-hydroxylation sites is 2. The highest BCUT2D eigenvalue weighted by atomic mass is 16.5. The zero-order valence-electron chi connectivity index (χ0n) is 14.9. The number of nitrogens with zero attached hydrogens (tertiary/aromatic N) is 3. The van der Waals surface area contributed by atoms with Crippen LogP contribution in [-0.4, -0.2) is 29.1 Å². The molecule has 0 amide bonds. The average Bonchev–Trinajstić information content (AvgIpc) is 2.99. The maximum Gasteiger partial charge on any atom is 0.187 e. The Bertz CT molecular complexity index is 1000. The molecule has 1 unspecified atom stereocenters. The maximum atomic E-state index is 13.0. The summed E-state index contributed by atoms with van der Waals surface area (Å²) in [5, 5.41) is 9.65. The van der Waals surface area contributed by atoms with Gasteiger partial charge in [0.25, 0.3) is 0 Å². The van der Waals surface area contributed by atoms with Gasteiger partial charge in [-0.05, 0) is 37.3 Å². The van der Waals surface area contributed by atoms with Crippen LogP contribution in [0.5, 0.6) is 11.5 Å². The van der Waals surface area contributed by atoms with Gasteiger partial charge in [0.1, 0.15) is 5.82 Å². The van der Waals surface area contributed by atoms with Gasteiger partial charge in [0.2, 0.25) is 0 Å². The number of nitriles is 1. The topological polar surface area (TPSA) is 77.1 Å². The number of ketones is 1. The Morgan fingerprint density at radius 2 is 2.04 bits per heavy atom. The molecule has 1 aromatic heterocycles. The summed E-state index contributed by atoms with van der Waals surface area (Å²) in [5.74, 6) is 0.111. The van der Waals surface area contributed by atoms with Crippen LogP contribution in [-0.2, 0) is 7.05 Å². The van der Waals surface area contributed by atoms with Crippen molar-refractivity contribution in [2.45, 2.75) is 12.8 Å². The molecule has 0 aliphatic heterocycles. The number of ether oxygens (including phenoxy) is 2. The number of fused-ring (bicyclic) bond motifs is 1. The molecule has 0 N–H and O–H groups in total. The van der Waals surface area contributed by atoms with E-state index in [2.05, 4.69) is 11.1 Å². The third kappa shape index (κ3) is 3.00. The number of imidazole rings is 1. The Morgan fingerprint density at radius 3 is 2.69 bits per heavy atom. The number of aromatic nitrogens is 2. The van der Waals surface area contributed by atoms with E-state index < -0.39 is 5.92 Å². The molecule has 3 rings (SSSR count). The highest BCUT2D eigenvalue weighted by Gasteiger charge is 2.27. The van der Waals surface area contributed by atoms with Crippen molar-refractivity contribution >= 4 is 16.8 Å². The smallest absolute Gasteiger partial charge is 0.187 e. The second-order valence-electron chi connectivity index (χ2n) is 5.74. The van der Waals surface area contributed by atoms with Crippen LogP contribution in [0.4, 0.5) is 0 Å². The Labute approximate surface area is 151 Å². The van der Waals surface area contributed by atoms with Gasteiger partial charge in [0.05, 0.1) is 30.8 Å². The molecule has 0 aliphatic carbocycles. The molecule has 0 saturated heterocycles. The van der Waals surface area contributed by atoms with Crippen molar-refractivity contribution in [2.24, 2.45) is 7.05 Å². The third-order valence-electron chi connectivity index (χ3n) is 4.22. The number of carbonyl (C=O) groups excluding carboxylic acids is 1. The van der Waals surface area contributed by atoms with Crippen LogP contribution in [0.1, 0.15) is 29.0 Å². The summed E-state index contributed by atoms with van der Waals surface area (Å²) in [5.41, 5.74) is 2.01. The second-order valence-corrected chi connectivity index (χ2v) is 5.74. The van der Waals surface area contributed by atoms with Crippen LogP contribution >= 0.6 is 0 Å². The minimum absolute atomic E-state index is 0.325. The van der Waals surface area contributed by atoms with Gasteiger partial charge in [0.15, 0.2) is 23.2 Å². The SMILES string of the molecule is CCOc1cc(C(=O)C(C#N)c2nc3ccccc3n2C)ccc1OC. The lowest BCUT2D eigenvalue weighted by Crippen LogP contribution is -2.15. The van der Waals surface area contributed by atoms with Gasteiger partial charge in [-0.15, -0.1) is 0 Å². The minimum atomic E-state index is -1.00. The monoisotopic (exact) mass is 349 g/mol. The predicted molar refractivity (Wildman–Crippen MR) is 97.6 cm³/mol. The molecular formula is C20H19N3O3. The first-order valence-electron chi connectivity index (χ1n) is 8.26. The van der Waals surface area contributed by atoms with Crippen LogP contribution in [0.15, 0.2) is 42.5 Å². The normalized spacial score (nSPS) is 11.8. The van der Waals surface area contributed by atoms with Gasteiger partial charge in [-0.2, -0.15) is 5.26 Å². The molecule has 0 fully saturated rings. The standard InChI is InChI=1S/C20H19N3O3/c1-4-26-18-11-13(9-10-17(18)25-3)19(24)14(12-21)20-22-15-7-5-6-8-16(15)23(20)2/h5-11,14H,4H2,1-3H3. The molecule has 0 aliphatic rings. The first-order chi connectivity index (χ1) is 12.6. The van der Waals surface area contributed by atoms with Crippen LogP contribution in [0.25, 0.3) is 11.0 Å². The fraction of sp³-hybridized carbons (Fsp3) is 0.250. The van der Waals surface area contributed by atoms with Gasteiger partial charge in [0, 0.05) is 12.6 Å². The van der Waals surface area contributed by atoms with Crippen molar-refractivity contribution in [1.82, 2.24) is 9.55 Å². The van der Waals surface area contributed by atoms with Gasteiger partial charge >= 0.3 is 0 Å². The largest absolute Gasteiger partial charge is 0.493 e. The van der Waals surface area contributed by atoms with E-state index in [1.807, 2.05) is 38.2 Å². The van der Waals surface area contributed by atoms with E-state index in [9.17, 15) is 10.1 Å². The number of hydrogen-bond acceptors (Lipinski definition) is 5. The Hall–Kier alpha value is -3.33. The maximum absolute atomic E-state index is 13.0. The van der Waals surface area contributed by atoms with E-state index in [-0.39, 0.29) is 5.78 Å². The summed E-state index contributed by atoms with van der Waals surface area (Å²) < 4.78 is 12.6. The van der Waals surface area contributed by atoms with E-state index in [1.165, 1.54) is 7.11 Å². The molecule has 0 bridgehead atoms. The molecule has 0 saturated carbocycles. The van der Waals surface area contributed by atoms with Crippen molar-refractivity contribution in [3.63, 3.8) is 0 Å². The van der Waals surface area contributed by atoms with Crippen molar-refractivity contribution in [3.8, 4) is 17.6 Å². The van der Waals surface area contributed by atoms with Crippen LogP contribution in [0, 0.1) is 11.3 Å². The van der Waals surface area contributed by atoms with Crippen LogP contribution < -0.4 is 9.47 Å². The first-order valence-corrected chi connectivity index (χ1v) is 8.26. The second kappa shape index (κ2) is 7.28. The van der Waals surface area contributed by atoms with Crippen molar-refractivity contribution in [1.29, 1.82) is 5.26 Å². The number of rotatable bonds is 6. The molecule has 1 atom stereocenters. The van der Waals surface area contributed by atoms with E-state index in [0.29, 0.717) is 29.5 Å². The highest BCUT2D eigenvalue weighted by Crippen LogP contribution is 2.31. The van der Waals surface area contributed by atoms with Crippen molar-refractivity contribution < 1.29 is 14.3 Å². The Balaban J connectivity index is 2.03. The third-order valence-corrected chi connectivity index (χ3v) is 4.22. The van der Waals surface area contributed by atoms with Crippen LogP contribution in [0.2, 0.25) is 0 Å². The summed E-state index contributed by atoms with van der Waals surface area (Å²) >= 11 is 0. The van der Waals surface area contributed by atoms with E-state index in [0.717, 1.165) is 11.0 Å². The number of methoxy groups -OCH3 is 1. The number of hydrogen-bond donors (Lipinski definition) is 0. The molecule has 0 spiro atoms. The predicted octanol–water partition coefficient (Wildman–Crippen LogP) is 3.47. The van der Waals surface area contributed by atoms with Gasteiger partial charge in [-0.25, -0.2) is 4.98 Å². The lowest BCUT2D eigenvalue weighted by atomic mass is 9.97. The summed E-state index contributed by atoms with van der Waals surface area (Å²) in [6, 6.07) is 14.5. The van der Waals surface area contributed by atoms with Gasteiger partial charge in [-0.3, -0.25) is 4.79 Å². The van der Waals surface area contributed by atoms with E-state index in [4.69, 9.17) is 9.47 Å². The molecule has 6 heteroatoms. The Kier molecular flexibility index (Phi) is 4.90. The van der Waals surface area contributed by atoms with Gasteiger partial charge < -0.3 is 14.0 Å². The molecular weight excluding hydrogens is 330 g/mol. The minimum Gasteiger partial charge on any atom is -0.493 e. The number of aryl methyl sites for hydroxylation is 1. The van der Waals surface area contributed by atoms with Crippen molar-refractivity contribution in [3.05, 3.63) is 53.9 Å². The molecule has 132 valence electrons. The van der Waals surface area contributed by atoms with Crippen LogP contribution in [0.3, 0.4) is 0 Å². The van der Waals surface area contributed by atoms with E-state index in [1.54, 1.807) is 22.8 Å². The number of Topliss-reactive ketones (excluding diaryl/α,β-unsaturated/α-hetero) is 1. The molecule has 1 heterocycles.